The van der Waals surface area contributed by atoms with Gasteiger partial charge in [-0.1, -0.05) is 113 Å². The summed E-state index contributed by atoms with van der Waals surface area (Å²) >= 11 is 3.31. The van der Waals surface area contributed by atoms with Gasteiger partial charge in [0.05, 0.1) is 0 Å². The molecular weight excluding hydrogens is 350 g/mol. The van der Waals surface area contributed by atoms with Crippen LogP contribution in [0.25, 0.3) is 0 Å². The Morgan fingerprint density at radius 1 is 0.696 bits per heavy atom. The summed E-state index contributed by atoms with van der Waals surface area (Å²) in [6.45, 7) is 3.03. The van der Waals surface area contributed by atoms with Crippen molar-refractivity contribution >= 4 is 21.8 Å². The molecule has 0 unspecified atom stereocenters. The molecule has 23 heavy (non-hydrogen) atoms. The molecule has 0 saturated heterocycles. The molecule has 0 bridgehead atoms. The van der Waals surface area contributed by atoms with Gasteiger partial charge in [-0.15, -0.1) is 0 Å². The van der Waals surface area contributed by atoms with Crippen molar-refractivity contribution in [3.63, 3.8) is 0 Å². The highest BCUT2D eigenvalue weighted by atomic mass is 79.9. The molecule has 2 nitrogen and oxygen atoms in total. The van der Waals surface area contributed by atoms with Crippen LogP contribution in [0.4, 0.5) is 0 Å². The molecule has 0 aliphatic rings. The Balaban J connectivity index is 3.04. The van der Waals surface area contributed by atoms with Crippen LogP contribution < -0.4 is 5.32 Å². The van der Waals surface area contributed by atoms with E-state index in [4.69, 9.17) is 0 Å². The van der Waals surface area contributed by atoms with Gasteiger partial charge in [0.2, 0.25) is 5.91 Å². The first-order chi connectivity index (χ1) is 11.3. The monoisotopic (exact) mass is 389 g/mol. The van der Waals surface area contributed by atoms with Gasteiger partial charge >= 0.3 is 0 Å². The highest BCUT2D eigenvalue weighted by Crippen LogP contribution is 2.13. The van der Waals surface area contributed by atoms with Gasteiger partial charge in [-0.3, -0.25) is 4.79 Å². The van der Waals surface area contributed by atoms with Crippen molar-refractivity contribution in [1.82, 2.24) is 5.32 Å². The number of halogens is 1. The van der Waals surface area contributed by atoms with E-state index in [1.807, 2.05) is 0 Å². The average Bonchev–Trinajstić information content (AvgIpc) is 2.56. The third-order valence-corrected chi connectivity index (χ3v) is 4.82. The minimum atomic E-state index is 0.208. The van der Waals surface area contributed by atoms with Crippen LogP contribution in [0.5, 0.6) is 0 Å². The Labute approximate surface area is 153 Å². The number of hydrogen-bond acceptors (Lipinski definition) is 1. The van der Waals surface area contributed by atoms with Crippen LogP contribution in [0.1, 0.15) is 110 Å². The van der Waals surface area contributed by atoms with Crippen molar-refractivity contribution in [1.29, 1.82) is 0 Å². The lowest BCUT2D eigenvalue weighted by Gasteiger charge is -2.04. The Hall–Kier alpha value is -0.0500. The predicted octanol–water partition coefficient (Wildman–Crippen LogP) is 6.76. The van der Waals surface area contributed by atoms with E-state index in [0.717, 1.165) is 18.3 Å². The van der Waals surface area contributed by atoms with Crippen LogP contribution in [0, 0.1) is 0 Å². The van der Waals surface area contributed by atoms with Crippen molar-refractivity contribution < 1.29 is 4.79 Å². The van der Waals surface area contributed by atoms with Gasteiger partial charge in [-0.2, -0.15) is 0 Å². The second-order valence-electron chi connectivity index (χ2n) is 6.74. The SMILES string of the molecule is CCCCCCCCCCCCCCCCCC(=O)NCCBr. The Morgan fingerprint density at radius 3 is 1.48 bits per heavy atom. The summed E-state index contributed by atoms with van der Waals surface area (Å²) in [6, 6.07) is 0. The largest absolute Gasteiger partial charge is 0.355 e. The molecule has 1 N–H and O–H groups in total. The molecule has 0 spiro atoms. The lowest BCUT2D eigenvalue weighted by atomic mass is 10.0. The molecule has 0 heterocycles. The smallest absolute Gasteiger partial charge is 0.220 e. The number of carbonyl (C=O) groups excluding carboxylic acids is 1. The molecule has 138 valence electrons. The van der Waals surface area contributed by atoms with E-state index < -0.39 is 0 Å². The summed E-state index contributed by atoms with van der Waals surface area (Å²) in [6.07, 6.45) is 21.2. The second-order valence-corrected chi connectivity index (χ2v) is 7.53. The maximum Gasteiger partial charge on any atom is 0.220 e. The molecule has 0 aromatic carbocycles. The minimum absolute atomic E-state index is 0.208. The lowest BCUT2D eigenvalue weighted by Crippen LogP contribution is -2.24. The third-order valence-electron chi connectivity index (χ3n) is 4.42. The van der Waals surface area contributed by atoms with E-state index in [9.17, 15) is 4.79 Å². The third kappa shape index (κ3) is 19.9. The van der Waals surface area contributed by atoms with E-state index in [-0.39, 0.29) is 5.91 Å². The molecule has 0 rings (SSSR count). The number of nitrogens with one attached hydrogen (secondary N) is 1. The van der Waals surface area contributed by atoms with Crippen molar-refractivity contribution in [2.24, 2.45) is 0 Å². The van der Waals surface area contributed by atoms with Crippen molar-refractivity contribution in [2.75, 3.05) is 11.9 Å². The van der Waals surface area contributed by atoms with E-state index in [0.29, 0.717) is 6.42 Å². The average molecular weight is 390 g/mol. The summed E-state index contributed by atoms with van der Waals surface area (Å²) in [7, 11) is 0. The van der Waals surface area contributed by atoms with Gasteiger partial charge in [0.25, 0.3) is 0 Å². The number of rotatable bonds is 18. The summed E-state index contributed by atoms with van der Waals surface area (Å²) in [4.78, 5) is 11.4. The molecule has 3 heteroatoms. The van der Waals surface area contributed by atoms with E-state index in [2.05, 4.69) is 28.2 Å². The normalized spacial score (nSPS) is 10.9. The zero-order chi connectivity index (χ0) is 17.0. The van der Waals surface area contributed by atoms with E-state index in [1.165, 1.54) is 89.9 Å². The van der Waals surface area contributed by atoms with E-state index >= 15 is 0 Å². The van der Waals surface area contributed by atoms with Gasteiger partial charge in [-0.05, 0) is 6.42 Å². The number of unbranched alkanes of at least 4 members (excludes halogenated alkanes) is 14. The van der Waals surface area contributed by atoms with Gasteiger partial charge in [0, 0.05) is 18.3 Å². The van der Waals surface area contributed by atoms with Crippen molar-refractivity contribution in [3.05, 3.63) is 0 Å². The zero-order valence-corrected chi connectivity index (χ0v) is 17.1. The zero-order valence-electron chi connectivity index (χ0n) is 15.5. The Morgan fingerprint density at radius 2 is 1.09 bits per heavy atom. The fourth-order valence-electron chi connectivity index (χ4n) is 2.93. The molecule has 0 aromatic rings. The quantitative estimate of drug-likeness (QED) is 0.203. The van der Waals surface area contributed by atoms with Crippen LogP contribution >= 0.6 is 15.9 Å². The first-order valence-corrected chi connectivity index (χ1v) is 11.3. The van der Waals surface area contributed by atoms with Gasteiger partial charge in [0.15, 0.2) is 0 Å². The Kier molecular flexibility index (Phi) is 20.0. The molecule has 0 aliphatic carbocycles. The predicted molar refractivity (Wildman–Crippen MR) is 106 cm³/mol. The Bertz CT molecular complexity index is 246. The first-order valence-electron chi connectivity index (χ1n) is 10.1. The van der Waals surface area contributed by atoms with Crippen molar-refractivity contribution in [2.45, 2.75) is 110 Å². The summed E-state index contributed by atoms with van der Waals surface area (Å²) in [5.74, 6) is 0.208. The van der Waals surface area contributed by atoms with Crippen molar-refractivity contribution in [3.8, 4) is 0 Å². The molecular formula is C20H40BrNO. The lowest BCUT2D eigenvalue weighted by molar-refractivity contribution is -0.121. The molecule has 0 atom stereocenters. The highest BCUT2D eigenvalue weighted by Gasteiger charge is 1.99. The maximum atomic E-state index is 11.4. The minimum Gasteiger partial charge on any atom is -0.355 e. The second kappa shape index (κ2) is 20.0. The molecule has 1 amide bonds. The van der Waals surface area contributed by atoms with Crippen LogP contribution in [0.2, 0.25) is 0 Å². The highest BCUT2D eigenvalue weighted by molar-refractivity contribution is 9.09. The van der Waals surface area contributed by atoms with E-state index in [1.54, 1.807) is 0 Å². The van der Waals surface area contributed by atoms with Crippen LogP contribution in [-0.4, -0.2) is 17.8 Å². The van der Waals surface area contributed by atoms with Crippen LogP contribution in [-0.2, 0) is 4.79 Å². The number of alkyl halides is 1. The summed E-state index contributed by atoms with van der Waals surface area (Å²) in [5, 5.41) is 3.74. The fraction of sp³-hybridized carbons (Fsp3) is 0.950. The maximum absolute atomic E-state index is 11.4. The summed E-state index contributed by atoms with van der Waals surface area (Å²) < 4.78 is 0. The van der Waals surface area contributed by atoms with Gasteiger partial charge in [0.1, 0.15) is 0 Å². The molecule has 0 radical (unpaired) electrons. The molecule has 0 fully saturated rings. The molecule has 0 aromatic heterocycles. The van der Waals surface area contributed by atoms with Crippen LogP contribution in [0.3, 0.4) is 0 Å². The molecule has 0 aliphatic heterocycles. The first kappa shape index (κ1) is 22.9. The number of hydrogen-bond donors (Lipinski definition) is 1. The topological polar surface area (TPSA) is 29.1 Å². The number of carbonyl (C=O) groups is 1. The standard InChI is InChI=1S/C20H40BrNO/c1-2-3-4-5-6-7-8-9-10-11-12-13-14-15-16-17-20(23)22-19-18-21/h2-19H2,1H3,(H,22,23). The van der Waals surface area contributed by atoms with Gasteiger partial charge < -0.3 is 5.32 Å². The number of amides is 1. The fourth-order valence-corrected chi connectivity index (χ4v) is 3.13. The van der Waals surface area contributed by atoms with Crippen LogP contribution in [0.15, 0.2) is 0 Å². The van der Waals surface area contributed by atoms with Gasteiger partial charge in [-0.25, -0.2) is 0 Å². The molecule has 0 saturated carbocycles. The summed E-state index contributed by atoms with van der Waals surface area (Å²) in [5.41, 5.74) is 0.